The molecule has 1 aliphatic carbocycles. The molecular weight excluding hydrogens is 245 g/mol. The molecule has 0 heterocycles. The molecule has 0 amide bonds. The van der Waals surface area contributed by atoms with Crippen LogP contribution in [0.15, 0.2) is 24.3 Å². The summed E-state index contributed by atoms with van der Waals surface area (Å²) in [6.45, 7) is 0. The number of benzene rings is 1. The number of carbonyl (C=O) groups is 1. The fourth-order valence-electron chi connectivity index (χ4n) is 1.94. The Balaban J connectivity index is 2.51. The van der Waals surface area contributed by atoms with Gasteiger partial charge in [0.1, 0.15) is 5.76 Å². The van der Waals surface area contributed by atoms with Crippen molar-refractivity contribution in [1.82, 2.24) is 0 Å². The smallest absolute Gasteiger partial charge is 0.416 e. The summed E-state index contributed by atoms with van der Waals surface area (Å²) in [7, 11) is 1.39. The predicted octanol–water partition coefficient (Wildman–Crippen LogP) is 3.21. The number of hydrogen-bond acceptors (Lipinski definition) is 2. The van der Waals surface area contributed by atoms with Crippen molar-refractivity contribution in [1.29, 1.82) is 0 Å². The number of alkyl halides is 3. The summed E-state index contributed by atoms with van der Waals surface area (Å²) in [6, 6.07) is 3.44. The summed E-state index contributed by atoms with van der Waals surface area (Å²) in [5.41, 5.74) is 0.339. The highest BCUT2D eigenvalue weighted by Gasteiger charge is 2.31. The second-order valence-corrected chi connectivity index (χ2v) is 4.05. The Labute approximate surface area is 102 Å². The van der Waals surface area contributed by atoms with Gasteiger partial charge in [0, 0.05) is 18.1 Å². The number of aryl methyl sites for hydroxylation is 1. The molecule has 1 aromatic rings. The van der Waals surface area contributed by atoms with Gasteiger partial charge in [0.05, 0.1) is 12.7 Å². The lowest BCUT2D eigenvalue weighted by atomic mass is 10.00. The summed E-state index contributed by atoms with van der Waals surface area (Å²) in [6.07, 6.45) is -2.55. The molecular formula is C13H11F3O2. The van der Waals surface area contributed by atoms with Gasteiger partial charge in [-0.15, -0.1) is 0 Å². The van der Waals surface area contributed by atoms with Crippen molar-refractivity contribution in [2.75, 3.05) is 7.11 Å². The molecule has 5 heteroatoms. The van der Waals surface area contributed by atoms with Crippen molar-refractivity contribution in [3.63, 3.8) is 0 Å². The van der Waals surface area contributed by atoms with Crippen LogP contribution in [0.4, 0.5) is 13.2 Å². The second kappa shape index (κ2) is 4.48. The highest BCUT2D eigenvalue weighted by molar-refractivity contribution is 5.97. The zero-order chi connectivity index (χ0) is 13.3. The van der Waals surface area contributed by atoms with Crippen LogP contribution in [0.5, 0.6) is 0 Å². The Morgan fingerprint density at radius 1 is 1.22 bits per heavy atom. The zero-order valence-corrected chi connectivity index (χ0v) is 9.67. The lowest BCUT2D eigenvalue weighted by Gasteiger charge is -2.13. The van der Waals surface area contributed by atoms with Gasteiger partial charge in [-0.05, 0) is 24.1 Å². The monoisotopic (exact) mass is 256 g/mol. The lowest BCUT2D eigenvalue weighted by Crippen LogP contribution is -2.06. The number of methoxy groups -OCH3 is 1. The molecule has 1 aliphatic rings. The average molecular weight is 256 g/mol. The molecule has 0 saturated carbocycles. The minimum absolute atomic E-state index is 0.142. The van der Waals surface area contributed by atoms with Crippen LogP contribution in [0.25, 0.3) is 5.76 Å². The van der Waals surface area contributed by atoms with Crippen molar-refractivity contribution >= 4 is 11.5 Å². The number of allylic oxidation sites excluding steroid dienone is 1. The van der Waals surface area contributed by atoms with Crippen LogP contribution in [0, 0.1) is 0 Å². The maximum Gasteiger partial charge on any atom is 0.416 e. The van der Waals surface area contributed by atoms with E-state index in [1.807, 2.05) is 0 Å². The first-order chi connectivity index (χ1) is 8.41. The molecule has 18 heavy (non-hydrogen) atoms. The summed E-state index contributed by atoms with van der Waals surface area (Å²) in [5, 5.41) is 0. The van der Waals surface area contributed by atoms with Gasteiger partial charge in [-0.3, -0.25) is 4.79 Å². The second-order valence-electron chi connectivity index (χ2n) is 4.05. The molecule has 0 fully saturated rings. The molecule has 0 bridgehead atoms. The largest absolute Gasteiger partial charge is 0.496 e. The van der Waals surface area contributed by atoms with E-state index in [2.05, 4.69) is 0 Å². The highest BCUT2D eigenvalue weighted by atomic mass is 19.4. The summed E-state index contributed by atoms with van der Waals surface area (Å²) in [4.78, 5) is 11.4. The molecule has 0 aliphatic heterocycles. The first-order valence-corrected chi connectivity index (χ1v) is 5.41. The molecule has 0 aromatic heterocycles. The summed E-state index contributed by atoms with van der Waals surface area (Å²) < 4.78 is 42.9. The number of hydrogen-bond donors (Lipinski definition) is 0. The molecule has 0 N–H and O–H groups in total. The molecule has 2 nitrogen and oxygen atoms in total. The van der Waals surface area contributed by atoms with E-state index in [9.17, 15) is 18.0 Å². The van der Waals surface area contributed by atoms with Crippen LogP contribution in [0.3, 0.4) is 0 Å². The minimum atomic E-state index is -4.37. The molecule has 0 unspecified atom stereocenters. The molecule has 2 rings (SSSR count). The van der Waals surface area contributed by atoms with E-state index in [-0.39, 0.29) is 12.2 Å². The summed E-state index contributed by atoms with van der Waals surface area (Å²) >= 11 is 0. The highest BCUT2D eigenvalue weighted by Crippen LogP contribution is 2.33. The van der Waals surface area contributed by atoms with Crippen LogP contribution in [0.2, 0.25) is 0 Å². The van der Waals surface area contributed by atoms with Gasteiger partial charge < -0.3 is 4.74 Å². The number of halogens is 3. The first kappa shape index (κ1) is 12.7. The number of rotatable bonds is 1. The third-order valence-electron chi connectivity index (χ3n) is 2.85. The Bertz CT molecular complexity index is 515. The first-order valence-electron chi connectivity index (χ1n) is 5.41. The van der Waals surface area contributed by atoms with E-state index in [4.69, 9.17) is 4.74 Å². The van der Waals surface area contributed by atoms with Crippen LogP contribution < -0.4 is 0 Å². The van der Waals surface area contributed by atoms with Gasteiger partial charge >= 0.3 is 6.18 Å². The van der Waals surface area contributed by atoms with Crippen LogP contribution in [-0.2, 0) is 22.1 Å². The van der Waals surface area contributed by atoms with Crippen LogP contribution in [-0.4, -0.2) is 12.9 Å². The Morgan fingerprint density at radius 3 is 2.56 bits per heavy atom. The number of ketones is 1. The maximum atomic E-state index is 12.6. The standard InChI is InChI=1S/C13H11F3O2/c1-18-12-7-10(17)4-2-8-6-9(13(14,15)16)3-5-11(8)12/h3,5-7H,2,4H2,1H3. The van der Waals surface area contributed by atoms with Gasteiger partial charge in [-0.1, -0.05) is 6.07 Å². The SMILES string of the molecule is COC1=CC(=O)CCc2cc(C(F)(F)F)ccc21. The van der Waals surface area contributed by atoms with Gasteiger partial charge in [0.25, 0.3) is 0 Å². The normalized spacial score (nSPS) is 15.8. The Morgan fingerprint density at radius 2 is 1.94 bits per heavy atom. The van der Waals surface area contributed by atoms with Crippen molar-refractivity contribution < 1.29 is 22.7 Å². The minimum Gasteiger partial charge on any atom is -0.496 e. The van der Waals surface area contributed by atoms with Crippen molar-refractivity contribution in [2.45, 2.75) is 19.0 Å². The molecule has 96 valence electrons. The average Bonchev–Trinajstić information content (AvgIpc) is 2.47. The molecule has 1 aromatic carbocycles. The Hall–Kier alpha value is -1.78. The van der Waals surface area contributed by atoms with Crippen molar-refractivity contribution in [3.05, 3.63) is 41.0 Å². The maximum absolute atomic E-state index is 12.6. The lowest BCUT2D eigenvalue weighted by molar-refractivity contribution is -0.137. The van der Waals surface area contributed by atoms with E-state index < -0.39 is 11.7 Å². The number of carbonyl (C=O) groups excluding carboxylic acids is 1. The van der Waals surface area contributed by atoms with E-state index in [1.165, 1.54) is 19.3 Å². The van der Waals surface area contributed by atoms with Gasteiger partial charge in [-0.2, -0.15) is 13.2 Å². The zero-order valence-electron chi connectivity index (χ0n) is 9.67. The van der Waals surface area contributed by atoms with Crippen molar-refractivity contribution in [2.24, 2.45) is 0 Å². The molecule has 0 spiro atoms. The summed E-state index contributed by atoms with van der Waals surface area (Å²) in [5.74, 6) is 0.179. The van der Waals surface area contributed by atoms with Gasteiger partial charge in [0.2, 0.25) is 0 Å². The number of fused-ring (bicyclic) bond motifs is 1. The van der Waals surface area contributed by atoms with E-state index >= 15 is 0 Å². The van der Waals surface area contributed by atoms with E-state index in [0.717, 1.165) is 12.1 Å². The topological polar surface area (TPSA) is 26.3 Å². The Kier molecular flexibility index (Phi) is 3.15. The van der Waals surface area contributed by atoms with E-state index in [1.54, 1.807) is 0 Å². The molecule has 0 saturated heterocycles. The van der Waals surface area contributed by atoms with Gasteiger partial charge in [-0.25, -0.2) is 0 Å². The fourth-order valence-corrected chi connectivity index (χ4v) is 1.94. The van der Waals surface area contributed by atoms with Crippen molar-refractivity contribution in [3.8, 4) is 0 Å². The molecule has 0 radical (unpaired) electrons. The fraction of sp³-hybridized carbons (Fsp3) is 0.308. The predicted molar refractivity (Wildman–Crippen MR) is 59.8 cm³/mol. The van der Waals surface area contributed by atoms with Gasteiger partial charge in [0.15, 0.2) is 5.78 Å². The van der Waals surface area contributed by atoms with Crippen LogP contribution >= 0.6 is 0 Å². The molecule has 0 atom stereocenters. The third-order valence-corrected chi connectivity index (χ3v) is 2.85. The number of ether oxygens (including phenoxy) is 1. The van der Waals surface area contributed by atoms with Crippen LogP contribution in [0.1, 0.15) is 23.1 Å². The quantitative estimate of drug-likeness (QED) is 0.771. The third kappa shape index (κ3) is 2.39. The van der Waals surface area contributed by atoms with E-state index in [0.29, 0.717) is 23.3 Å².